The average molecular weight is 433 g/mol. The molecule has 3 aromatic carbocycles. The number of anilines is 3. The van der Waals surface area contributed by atoms with Crippen LogP contribution in [-0.4, -0.2) is 31.0 Å². The van der Waals surface area contributed by atoms with Gasteiger partial charge in [-0.25, -0.2) is 4.39 Å². The van der Waals surface area contributed by atoms with Crippen molar-refractivity contribution < 1.29 is 14.1 Å². The molecule has 1 heterocycles. The highest BCUT2D eigenvalue weighted by atomic mass is 19.1. The van der Waals surface area contributed by atoms with Crippen LogP contribution in [-0.2, 0) is 0 Å². The van der Waals surface area contributed by atoms with Crippen molar-refractivity contribution >= 4 is 28.7 Å². The third-order valence-corrected chi connectivity index (χ3v) is 4.58. The first-order chi connectivity index (χ1) is 15.4. The fourth-order valence-electron chi connectivity index (χ4n) is 3.01. The van der Waals surface area contributed by atoms with Crippen LogP contribution in [0.4, 0.5) is 27.1 Å². The minimum absolute atomic E-state index is 0.00119. The average Bonchev–Trinajstić information content (AvgIpc) is 3.22. The number of para-hydroxylation sites is 1. The first-order valence-electron chi connectivity index (χ1n) is 9.39. The van der Waals surface area contributed by atoms with E-state index in [1.54, 1.807) is 31.2 Å². The van der Waals surface area contributed by atoms with Gasteiger partial charge in [0.25, 0.3) is 11.6 Å². The number of nitrogens with one attached hydrogen (secondary N) is 2. The second-order valence-electron chi connectivity index (χ2n) is 6.74. The van der Waals surface area contributed by atoms with Gasteiger partial charge in [0.05, 0.1) is 16.3 Å². The molecule has 0 unspecified atom stereocenters. The topological polar surface area (TPSA) is 128 Å². The molecule has 0 fully saturated rings. The summed E-state index contributed by atoms with van der Waals surface area (Å²) >= 11 is 0. The Balaban J connectivity index is 1.60. The minimum atomic E-state index is -0.705. The second-order valence-corrected chi connectivity index (χ2v) is 6.74. The van der Waals surface area contributed by atoms with Crippen LogP contribution in [0.25, 0.3) is 5.69 Å². The SMILES string of the molecule is Cc1nnnn1-c1ccc(F)c(NC(=O)c2ccc(Nc3ccccc3)c([N+](=O)[O-])c2)c1. The standard InChI is InChI=1S/C21H16FN7O3/c1-13-25-26-27-28(13)16-8-9-17(22)19(12-16)24-21(30)14-7-10-18(20(11-14)29(31)32)23-15-5-3-2-4-6-15/h2-12,23H,1H3,(H,24,30). The molecule has 2 N–H and O–H groups in total. The highest BCUT2D eigenvalue weighted by molar-refractivity contribution is 6.05. The predicted octanol–water partition coefficient (Wildman–Crippen LogP) is 4.01. The second kappa shape index (κ2) is 8.60. The van der Waals surface area contributed by atoms with E-state index in [0.717, 1.165) is 6.07 Å². The Bertz CT molecular complexity index is 1310. The molecule has 0 atom stereocenters. The lowest BCUT2D eigenvalue weighted by molar-refractivity contribution is -0.383. The van der Waals surface area contributed by atoms with Crippen molar-refractivity contribution in [3.8, 4) is 5.69 Å². The summed E-state index contributed by atoms with van der Waals surface area (Å²) in [5.74, 6) is -0.903. The summed E-state index contributed by atoms with van der Waals surface area (Å²) in [6, 6.07) is 16.9. The zero-order valence-electron chi connectivity index (χ0n) is 16.7. The Hall–Kier alpha value is -4.67. The van der Waals surface area contributed by atoms with Gasteiger partial charge in [-0.15, -0.1) is 5.10 Å². The van der Waals surface area contributed by atoms with E-state index in [9.17, 15) is 19.3 Å². The highest BCUT2D eigenvalue weighted by Crippen LogP contribution is 2.29. The van der Waals surface area contributed by atoms with Crippen LogP contribution in [0.3, 0.4) is 0 Å². The van der Waals surface area contributed by atoms with Gasteiger partial charge >= 0.3 is 0 Å². The van der Waals surface area contributed by atoms with Gasteiger partial charge in [-0.2, -0.15) is 4.68 Å². The molecule has 0 aliphatic rings. The molecule has 4 aromatic rings. The van der Waals surface area contributed by atoms with Gasteiger partial charge in [-0.3, -0.25) is 14.9 Å². The Morgan fingerprint density at radius 1 is 1.06 bits per heavy atom. The molecule has 0 spiro atoms. The van der Waals surface area contributed by atoms with Gasteiger partial charge in [0.15, 0.2) is 5.82 Å². The maximum atomic E-state index is 14.3. The monoisotopic (exact) mass is 433 g/mol. The van der Waals surface area contributed by atoms with E-state index in [0.29, 0.717) is 17.2 Å². The summed E-state index contributed by atoms with van der Waals surface area (Å²) < 4.78 is 15.7. The molecule has 4 rings (SSSR count). The molecule has 32 heavy (non-hydrogen) atoms. The smallest absolute Gasteiger partial charge is 0.293 e. The van der Waals surface area contributed by atoms with Gasteiger partial charge < -0.3 is 10.6 Å². The zero-order valence-corrected chi connectivity index (χ0v) is 16.7. The third-order valence-electron chi connectivity index (χ3n) is 4.58. The zero-order chi connectivity index (χ0) is 22.7. The summed E-state index contributed by atoms with van der Waals surface area (Å²) in [6.07, 6.45) is 0. The maximum absolute atomic E-state index is 14.3. The number of amides is 1. The summed E-state index contributed by atoms with van der Waals surface area (Å²) in [4.78, 5) is 23.7. The first-order valence-corrected chi connectivity index (χ1v) is 9.39. The number of halogens is 1. The van der Waals surface area contributed by atoms with Crippen molar-refractivity contribution in [2.24, 2.45) is 0 Å². The number of carbonyl (C=O) groups excluding carboxylic acids is 1. The van der Waals surface area contributed by atoms with Crippen LogP contribution < -0.4 is 10.6 Å². The number of nitro groups is 1. The van der Waals surface area contributed by atoms with E-state index >= 15 is 0 Å². The van der Waals surface area contributed by atoms with Gasteiger partial charge in [0, 0.05) is 17.3 Å². The van der Waals surface area contributed by atoms with Gasteiger partial charge in [-0.05, 0) is 59.8 Å². The van der Waals surface area contributed by atoms with E-state index < -0.39 is 16.6 Å². The highest BCUT2D eigenvalue weighted by Gasteiger charge is 2.19. The molecule has 10 nitrogen and oxygen atoms in total. The Labute approximate surface area is 180 Å². The van der Waals surface area contributed by atoms with Crippen LogP contribution >= 0.6 is 0 Å². The number of hydrogen-bond acceptors (Lipinski definition) is 7. The van der Waals surface area contributed by atoms with Crippen molar-refractivity contribution in [1.29, 1.82) is 0 Å². The normalized spacial score (nSPS) is 10.6. The van der Waals surface area contributed by atoms with Crippen molar-refractivity contribution in [3.63, 3.8) is 0 Å². The van der Waals surface area contributed by atoms with E-state index in [1.165, 1.54) is 35.0 Å². The van der Waals surface area contributed by atoms with Crippen molar-refractivity contribution in [2.45, 2.75) is 6.92 Å². The number of nitro benzene ring substituents is 1. The number of rotatable bonds is 6. The number of aromatic nitrogens is 4. The van der Waals surface area contributed by atoms with Crippen LogP contribution in [0, 0.1) is 22.9 Å². The molecule has 0 aliphatic heterocycles. The Kier molecular flexibility index (Phi) is 5.53. The summed E-state index contributed by atoms with van der Waals surface area (Å²) in [6.45, 7) is 1.67. The maximum Gasteiger partial charge on any atom is 0.293 e. The van der Waals surface area contributed by atoms with E-state index in [2.05, 4.69) is 26.2 Å². The Morgan fingerprint density at radius 2 is 1.84 bits per heavy atom. The quantitative estimate of drug-likeness (QED) is 0.347. The van der Waals surface area contributed by atoms with Crippen LogP contribution in [0.15, 0.2) is 66.7 Å². The largest absolute Gasteiger partial charge is 0.350 e. The van der Waals surface area contributed by atoms with E-state index in [1.807, 2.05) is 6.07 Å². The van der Waals surface area contributed by atoms with E-state index in [4.69, 9.17) is 0 Å². The third kappa shape index (κ3) is 4.26. The molecule has 160 valence electrons. The van der Waals surface area contributed by atoms with E-state index in [-0.39, 0.29) is 22.6 Å². The van der Waals surface area contributed by atoms with Crippen LogP contribution in [0.1, 0.15) is 16.2 Å². The minimum Gasteiger partial charge on any atom is -0.350 e. The molecule has 1 aromatic heterocycles. The van der Waals surface area contributed by atoms with Crippen molar-refractivity contribution in [1.82, 2.24) is 20.2 Å². The first kappa shape index (κ1) is 20.6. The molecule has 0 radical (unpaired) electrons. The molecule has 11 heteroatoms. The summed E-state index contributed by atoms with van der Waals surface area (Å²) in [5.41, 5.74) is 0.914. The molecular formula is C21H16FN7O3. The van der Waals surface area contributed by atoms with Gasteiger partial charge in [0.2, 0.25) is 0 Å². The molecule has 0 saturated carbocycles. The number of aryl methyl sites for hydroxylation is 1. The summed E-state index contributed by atoms with van der Waals surface area (Å²) in [7, 11) is 0. The van der Waals surface area contributed by atoms with Crippen molar-refractivity contribution in [3.05, 3.63) is 94.0 Å². The molecule has 1 amide bonds. The van der Waals surface area contributed by atoms with Crippen LogP contribution in [0.5, 0.6) is 0 Å². The van der Waals surface area contributed by atoms with Crippen molar-refractivity contribution in [2.75, 3.05) is 10.6 Å². The molecule has 0 aliphatic carbocycles. The number of carbonyl (C=O) groups is 1. The number of hydrogen-bond donors (Lipinski definition) is 2. The Morgan fingerprint density at radius 3 is 2.53 bits per heavy atom. The molecular weight excluding hydrogens is 417 g/mol. The van der Waals surface area contributed by atoms with Crippen LogP contribution in [0.2, 0.25) is 0 Å². The lowest BCUT2D eigenvalue weighted by Gasteiger charge is -2.11. The van der Waals surface area contributed by atoms with Gasteiger partial charge in [-0.1, -0.05) is 18.2 Å². The summed E-state index contributed by atoms with van der Waals surface area (Å²) in [5, 5.41) is 28.1. The molecule has 0 bridgehead atoms. The predicted molar refractivity (Wildman–Crippen MR) is 115 cm³/mol. The lowest BCUT2D eigenvalue weighted by Crippen LogP contribution is -2.14. The molecule has 0 saturated heterocycles. The number of nitrogens with zero attached hydrogens (tertiary/aromatic N) is 5. The fourth-order valence-corrected chi connectivity index (χ4v) is 3.01. The number of benzene rings is 3. The van der Waals surface area contributed by atoms with Gasteiger partial charge in [0.1, 0.15) is 11.5 Å². The lowest BCUT2D eigenvalue weighted by atomic mass is 10.1. The number of tetrazole rings is 1. The fraction of sp³-hybridized carbons (Fsp3) is 0.0476.